The summed E-state index contributed by atoms with van der Waals surface area (Å²) in [5, 5.41) is 0. The molecule has 1 rings (SSSR count). The smallest absolute Gasteiger partial charge is 0.305 e. The molecule has 0 amide bonds. The highest BCUT2D eigenvalue weighted by molar-refractivity contribution is 5.69. The van der Waals surface area contributed by atoms with E-state index in [1.165, 1.54) is 12.8 Å². The van der Waals surface area contributed by atoms with Crippen LogP contribution in [-0.2, 0) is 9.53 Å². The third-order valence-corrected chi connectivity index (χ3v) is 3.11. The summed E-state index contributed by atoms with van der Waals surface area (Å²) in [4.78, 5) is 11.1. The van der Waals surface area contributed by atoms with Gasteiger partial charge in [-0.1, -0.05) is 13.3 Å². The van der Waals surface area contributed by atoms with Crippen molar-refractivity contribution in [3.05, 3.63) is 13.3 Å². The topological polar surface area (TPSA) is 26.3 Å². The fourth-order valence-corrected chi connectivity index (χ4v) is 2.22. The van der Waals surface area contributed by atoms with E-state index < -0.39 is 0 Å². The molecule has 0 bridgehead atoms. The highest BCUT2D eigenvalue weighted by atomic mass is 16.5. The number of hydrogen-bond acceptors (Lipinski definition) is 2. The second-order valence-corrected chi connectivity index (χ2v) is 4.32. The van der Waals surface area contributed by atoms with Crippen molar-refractivity contribution in [2.24, 2.45) is 11.8 Å². The number of esters is 1. The lowest BCUT2D eigenvalue weighted by Crippen LogP contribution is -2.05. The highest BCUT2D eigenvalue weighted by Gasteiger charge is 2.23. The molecule has 15 heavy (non-hydrogen) atoms. The van der Waals surface area contributed by atoms with Crippen LogP contribution in [0.3, 0.4) is 0 Å². The standard InChI is InChI=1S/C13H22O2/c1-3-11-8-9-12(10-11)6-5-7-13(14)15-4-2/h9,11-12H,1,3-8,10H2,2H3. The van der Waals surface area contributed by atoms with Crippen molar-refractivity contribution in [1.82, 2.24) is 0 Å². The van der Waals surface area contributed by atoms with Gasteiger partial charge in [0.15, 0.2) is 0 Å². The average molecular weight is 210 g/mol. The van der Waals surface area contributed by atoms with Crippen LogP contribution in [0.1, 0.15) is 45.4 Å². The van der Waals surface area contributed by atoms with Gasteiger partial charge in [-0.3, -0.25) is 4.79 Å². The molecule has 0 aromatic carbocycles. The molecule has 0 spiro atoms. The molecule has 1 aliphatic carbocycles. The van der Waals surface area contributed by atoms with Crippen molar-refractivity contribution < 1.29 is 9.53 Å². The Labute approximate surface area is 93.4 Å². The maximum absolute atomic E-state index is 11.1. The second-order valence-electron chi connectivity index (χ2n) is 4.32. The molecule has 1 saturated carbocycles. The average Bonchev–Trinajstić information content (AvgIpc) is 2.66. The van der Waals surface area contributed by atoms with Crippen molar-refractivity contribution in [3.63, 3.8) is 0 Å². The Kier molecular flexibility index (Phi) is 5.74. The number of ether oxygens (including phenoxy) is 1. The predicted molar refractivity (Wildman–Crippen MR) is 61.0 cm³/mol. The molecule has 1 aliphatic rings. The second kappa shape index (κ2) is 6.86. The van der Waals surface area contributed by atoms with E-state index in [0.717, 1.165) is 25.2 Å². The summed E-state index contributed by atoms with van der Waals surface area (Å²) in [6, 6.07) is 0. The zero-order valence-electron chi connectivity index (χ0n) is 9.71. The van der Waals surface area contributed by atoms with Gasteiger partial charge in [-0.2, -0.15) is 0 Å². The summed E-state index contributed by atoms with van der Waals surface area (Å²) in [6.07, 6.45) is 8.61. The quantitative estimate of drug-likeness (QED) is 0.629. The van der Waals surface area contributed by atoms with E-state index in [4.69, 9.17) is 4.74 Å². The number of rotatable bonds is 6. The van der Waals surface area contributed by atoms with Crippen LogP contribution in [0.25, 0.3) is 0 Å². The Morgan fingerprint density at radius 2 is 2.40 bits per heavy atom. The molecular weight excluding hydrogens is 188 g/mol. The summed E-state index contributed by atoms with van der Waals surface area (Å²) >= 11 is 0. The van der Waals surface area contributed by atoms with Gasteiger partial charge >= 0.3 is 5.97 Å². The maximum atomic E-state index is 11.1. The minimum absolute atomic E-state index is 0.0517. The monoisotopic (exact) mass is 210 g/mol. The fraction of sp³-hybridized carbons (Fsp3) is 0.769. The van der Waals surface area contributed by atoms with E-state index in [1.54, 1.807) is 0 Å². The minimum atomic E-state index is -0.0517. The zero-order chi connectivity index (χ0) is 11.1. The maximum Gasteiger partial charge on any atom is 0.305 e. The molecule has 0 saturated heterocycles. The van der Waals surface area contributed by atoms with E-state index in [0.29, 0.717) is 18.9 Å². The van der Waals surface area contributed by atoms with Crippen molar-refractivity contribution in [1.29, 1.82) is 0 Å². The molecule has 86 valence electrons. The first-order valence-corrected chi connectivity index (χ1v) is 6.04. The summed E-state index contributed by atoms with van der Waals surface area (Å²) < 4.78 is 4.89. The molecule has 2 nitrogen and oxygen atoms in total. The molecule has 0 N–H and O–H groups in total. The summed E-state index contributed by atoms with van der Waals surface area (Å²) in [7, 11) is 0. The summed E-state index contributed by atoms with van der Waals surface area (Å²) in [6.45, 7) is 6.29. The van der Waals surface area contributed by atoms with Crippen molar-refractivity contribution >= 4 is 5.97 Å². The Hall–Kier alpha value is -0.530. The number of carbonyl (C=O) groups is 1. The van der Waals surface area contributed by atoms with Crippen LogP contribution in [0.4, 0.5) is 0 Å². The number of carbonyl (C=O) groups excluding carboxylic acids is 1. The van der Waals surface area contributed by atoms with Gasteiger partial charge in [-0.05, 0) is 50.9 Å². The van der Waals surface area contributed by atoms with Crippen LogP contribution >= 0.6 is 0 Å². The fourth-order valence-electron chi connectivity index (χ4n) is 2.22. The van der Waals surface area contributed by atoms with E-state index >= 15 is 0 Å². The third-order valence-electron chi connectivity index (χ3n) is 3.11. The Bertz CT molecular complexity index is 189. The van der Waals surface area contributed by atoms with Crippen LogP contribution in [-0.4, -0.2) is 12.6 Å². The lowest BCUT2D eigenvalue weighted by molar-refractivity contribution is -0.143. The van der Waals surface area contributed by atoms with Gasteiger partial charge < -0.3 is 4.74 Å². The van der Waals surface area contributed by atoms with Gasteiger partial charge in [0.05, 0.1) is 6.61 Å². The first kappa shape index (κ1) is 12.5. The van der Waals surface area contributed by atoms with Gasteiger partial charge in [0.25, 0.3) is 0 Å². The molecular formula is C13H22O2. The van der Waals surface area contributed by atoms with Gasteiger partial charge in [0.2, 0.25) is 0 Å². The van der Waals surface area contributed by atoms with Gasteiger partial charge in [0, 0.05) is 6.42 Å². The van der Waals surface area contributed by atoms with E-state index in [9.17, 15) is 4.79 Å². The molecule has 0 aromatic rings. The molecule has 2 atom stereocenters. The lowest BCUT2D eigenvalue weighted by Gasteiger charge is -2.09. The molecule has 2 unspecified atom stereocenters. The lowest BCUT2D eigenvalue weighted by atomic mass is 9.98. The number of hydrogen-bond donors (Lipinski definition) is 0. The van der Waals surface area contributed by atoms with Gasteiger partial charge in [-0.25, -0.2) is 0 Å². The molecule has 2 radical (unpaired) electrons. The predicted octanol–water partition coefficient (Wildman–Crippen LogP) is 3.17. The Balaban J connectivity index is 2.03. The molecule has 0 heterocycles. The molecule has 1 fully saturated rings. The normalized spacial score (nSPS) is 25.5. The molecule has 0 aromatic heterocycles. The van der Waals surface area contributed by atoms with Crippen LogP contribution < -0.4 is 0 Å². The zero-order valence-corrected chi connectivity index (χ0v) is 9.71. The highest BCUT2D eigenvalue weighted by Crippen LogP contribution is 2.34. The van der Waals surface area contributed by atoms with Gasteiger partial charge in [-0.15, -0.1) is 0 Å². The van der Waals surface area contributed by atoms with E-state index in [2.05, 4.69) is 13.3 Å². The van der Waals surface area contributed by atoms with Crippen molar-refractivity contribution in [2.45, 2.75) is 45.4 Å². The largest absolute Gasteiger partial charge is 0.466 e. The Morgan fingerprint density at radius 1 is 1.60 bits per heavy atom. The van der Waals surface area contributed by atoms with Crippen LogP contribution in [0.15, 0.2) is 0 Å². The van der Waals surface area contributed by atoms with Crippen LogP contribution in [0, 0.1) is 25.2 Å². The first-order chi connectivity index (χ1) is 7.26. The van der Waals surface area contributed by atoms with Gasteiger partial charge in [0.1, 0.15) is 0 Å². The SMILES string of the molecule is [CH2]CC1C[CH]C(CCCC(=O)OCC)C1. The van der Waals surface area contributed by atoms with E-state index in [-0.39, 0.29) is 5.97 Å². The van der Waals surface area contributed by atoms with Crippen LogP contribution in [0.5, 0.6) is 0 Å². The Morgan fingerprint density at radius 3 is 3.00 bits per heavy atom. The summed E-state index contributed by atoms with van der Waals surface area (Å²) in [5.74, 6) is 1.45. The van der Waals surface area contributed by atoms with E-state index in [1.807, 2.05) is 6.92 Å². The van der Waals surface area contributed by atoms with Crippen molar-refractivity contribution in [2.75, 3.05) is 6.61 Å². The third kappa shape index (κ3) is 4.67. The minimum Gasteiger partial charge on any atom is -0.466 e. The van der Waals surface area contributed by atoms with Crippen LogP contribution in [0.2, 0.25) is 0 Å². The first-order valence-electron chi connectivity index (χ1n) is 6.04. The summed E-state index contributed by atoms with van der Waals surface area (Å²) in [5.41, 5.74) is 0. The molecule has 0 aliphatic heterocycles. The van der Waals surface area contributed by atoms with Crippen molar-refractivity contribution in [3.8, 4) is 0 Å². The molecule has 2 heteroatoms.